The van der Waals surface area contributed by atoms with Crippen LogP contribution in [0.25, 0.3) is 101 Å². The summed E-state index contributed by atoms with van der Waals surface area (Å²) in [7, 11) is 0. The summed E-state index contributed by atoms with van der Waals surface area (Å²) < 4.78 is 4.60. The van der Waals surface area contributed by atoms with Gasteiger partial charge in [0.1, 0.15) is 0 Å². The van der Waals surface area contributed by atoms with Crippen molar-refractivity contribution < 1.29 is 0 Å². The number of hydrogen-bond acceptors (Lipinski definition) is 6. The first-order valence-corrected chi connectivity index (χ1v) is 18.9. The molecule has 6 aromatic carbocycles. The highest BCUT2D eigenvalue weighted by atomic mass is 15.2. The number of para-hydroxylation sites is 1. The van der Waals surface area contributed by atoms with E-state index < -0.39 is 0 Å². The van der Waals surface area contributed by atoms with Gasteiger partial charge in [-0.05, 0) is 73.7 Å². The topological polar surface area (TPSA) is 87.2 Å². The number of fused-ring (bicyclic) bond motifs is 7. The van der Waals surface area contributed by atoms with E-state index in [2.05, 4.69) is 157 Å². The smallest absolute Gasteiger partial charge is 0.235 e. The summed E-state index contributed by atoms with van der Waals surface area (Å²) in [5.41, 5.74) is 11.9. The van der Waals surface area contributed by atoms with Crippen LogP contribution in [0.1, 0.15) is 5.56 Å². The molecule has 11 aromatic rings. The number of aromatic nitrogens is 8. The van der Waals surface area contributed by atoms with Gasteiger partial charge in [0.15, 0.2) is 11.6 Å². The molecule has 268 valence electrons. The zero-order chi connectivity index (χ0) is 37.9. The molecule has 0 unspecified atom stereocenters. The first-order valence-electron chi connectivity index (χ1n) is 18.9. The molecule has 0 aliphatic rings. The number of nitrogens with zero attached hydrogens (tertiary/aromatic N) is 8. The van der Waals surface area contributed by atoms with Crippen LogP contribution in [-0.2, 0) is 0 Å². The highest BCUT2D eigenvalue weighted by Crippen LogP contribution is 2.43. The lowest BCUT2D eigenvalue weighted by atomic mass is 10.1. The fraction of sp³-hybridized carbons (Fsp3) is 0.0204. The van der Waals surface area contributed by atoms with Gasteiger partial charge in [-0.3, -0.25) is 4.57 Å². The summed E-state index contributed by atoms with van der Waals surface area (Å²) in [6.07, 6.45) is 7.12. The van der Waals surface area contributed by atoms with Gasteiger partial charge >= 0.3 is 0 Å². The molecular weight excluding hydrogens is 701 g/mol. The number of rotatable bonds is 6. The summed E-state index contributed by atoms with van der Waals surface area (Å²) in [6, 6.07) is 52.6. The van der Waals surface area contributed by atoms with Crippen LogP contribution >= 0.6 is 0 Å². The Hall–Kier alpha value is -7.84. The molecule has 11 rings (SSSR count). The Bertz CT molecular complexity index is 3270. The van der Waals surface area contributed by atoms with Gasteiger partial charge in [0, 0.05) is 74.3 Å². The molecule has 8 nitrogen and oxygen atoms in total. The van der Waals surface area contributed by atoms with Crippen LogP contribution < -0.4 is 0 Å². The molecule has 5 heterocycles. The van der Waals surface area contributed by atoms with Gasteiger partial charge in [-0.2, -0.15) is 0 Å². The second-order valence-electron chi connectivity index (χ2n) is 14.1. The Morgan fingerprint density at radius 1 is 0.386 bits per heavy atom. The lowest BCUT2D eigenvalue weighted by Crippen LogP contribution is -2.05. The monoisotopic (exact) mass is 732 g/mol. The third kappa shape index (κ3) is 5.45. The van der Waals surface area contributed by atoms with Crippen molar-refractivity contribution in [3.05, 3.63) is 182 Å². The molecule has 0 bridgehead atoms. The molecule has 0 aliphatic heterocycles. The molecule has 0 radical (unpaired) electrons. The summed E-state index contributed by atoms with van der Waals surface area (Å²) in [5.74, 6) is 1.92. The van der Waals surface area contributed by atoms with Crippen molar-refractivity contribution in [2.24, 2.45) is 0 Å². The average Bonchev–Trinajstić information content (AvgIpc) is 3.80. The minimum atomic E-state index is 0.575. The zero-order valence-electron chi connectivity index (χ0n) is 30.8. The Morgan fingerprint density at radius 3 is 1.42 bits per heavy atom. The van der Waals surface area contributed by atoms with E-state index in [0.717, 1.165) is 82.9 Å². The fourth-order valence-electron chi connectivity index (χ4n) is 7.99. The molecule has 0 saturated heterocycles. The van der Waals surface area contributed by atoms with E-state index in [1.165, 1.54) is 5.56 Å². The van der Waals surface area contributed by atoms with Crippen molar-refractivity contribution in [3.8, 4) is 56.9 Å². The van der Waals surface area contributed by atoms with Crippen LogP contribution in [0.4, 0.5) is 0 Å². The standard InChI is InChI=1S/C49H32N8/c1-31-14-16-33(17-15-31)42-30-41(32-10-4-2-5-11-32)54-49(55-42)57-44-23-19-35(48-52-26-9-27-53-48)29-40(44)38-21-20-37-39-28-34(47-50-24-8-25-51-47)18-22-43(39)56(45(37)46(38)57)36-12-6-3-7-13-36/h2-30H,1H3. The SMILES string of the molecule is Cc1ccc(-c2cc(-c3ccccc3)nc(-n3c4ccc(-c5ncccn5)cc4c4ccc5c6cc(-c7ncccn7)ccc6n(-c6ccccc6)c5c43)n2)cc1. The van der Waals surface area contributed by atoms with Crippen molar-refractivity contribution in [3.63, 3.8) is 0 Å². The third-order valence-corrected chi connectivity index (χ3v) is 10.6. The molecule has 0 amide bonds. The molecule has 0 spiro atoms. The first-order chi connectivity index (χ1) is 28.2. The van der Waals surface area contributed by atoms with E-state index in [1.807, 2.05) is 30.3 Å². The van der Waals surface area contributed by atoms with Gasteiger partial charge in [-0.25, -0.2) is 29.9 Å². The highest BCUT2D eigenvalue weighted by Gasteiger charge is 2.24. The van der Waals surface area contributed by atoms with Crippen LogP contribution in [0.3, 0.4) is 0 Å². The van der Waals surface area contributed by atoms with Crippen molar-refractivity contribution in [1.82, 2.24) is 39.0 Å². The minimum Gasteiger partial charge on any atom is -0.307 e. The lowest BCUT2D eigenvalue weighted by Gasteiger charge is -2.14. The van der Waals surface area contributed by atoms with Crippen LogP contribution in [-0.4, -0.2) is 39.0 Å². The summed E-state index contributed by atoms with van der Waals surface area (Å²) >= 11 is 0. The Labute approximate surface area is 327 Å². The van der Waals surface area contributed by atoms with Crippen LogP contribution in [0.15, 0.2) is 176 Å². The largest absolute Gasteiger partial charge is 0.307 e. The minimum absolute atomic E-state index is 0.575. The van der Waals surface area contributed by atoms with Crippen LogP contribution in [0, 0.1) is 6.92 Å². The molecule has 0 N–H and O–H groups in total. The third-order valence-electron chi connectivity index (χ3n) is 10.6. The number of hydrogen-bond donors (Lipinski definition) is 0. The van der Waals surface area contributed by atoms with E-state index in [9.17, 15) is 0 Å². The fourth-order valence-corrected chi connectivity index (χ4v) is 7.99. The summed E-state index contributed by atoms with van der Waals surface area (Å²) in [5, 5.41) is 4.29. The average molecular weight is 733 g/mol. The van der Waals surface area contributed by atoms with Crippen LogP contribution in [0.2, 0.25) is 0 Å². The zero-order valence-corrected chi connectivity index (χ0v) is 30.8. The van der Waals surface area contributed by atoms with E-state index >= 15 is 0 Å². The molecule has 0 saturated carbocycles. The maximum absolute atomic E-state index is 5.40. The van der Waals surface area contributed by atoms with Crippen molar-refractivity contribution in [2.75, 3.05) is 0 Å². The number of benzene rings is 6. The molecule has 57 heavy (non-hydrogen) atoms. The van der Waals surface area contributed by atoms with Gasteiger partial charge in [0.05, 0.1) is 33.5 Å². The lowest BCUT2D eigenvalue weighted by molar-refractivity contribution is 0.995. The second-order valence-corrected chi connectivity index (χ2v) is 14.1. The summed E-state index contributed by atoms with van der Waals surface area (Å²) in [6.45, 7) is 2.10. The van der Waals surface area contributed by atoms with Crippen molar-refractivity contribution in [1.29, 1.82) is 0 Å². The molecule has 5 aromatic heterocycles. The van der Waals surface area contributed by atoms with E-state index in [4.69, 9.17) is 9.97 Å². The van der Waals surface area contributed by atoms with Gasteiger partial charge in [-0.15, -0.1) is 0 Å². The normalized spacial score (nSPS) is 11.6. The molecule has 0 atom stereocenters. The van der Waals surface area contributed by atoms with E-state index in [-0.39, 0.29) is 0 Å². The number of aryl methyl sites for hydroxylation is 1. The predicted molar refractivity (Wildman–Crippen MR) is 228 cm³/mol. The maximum atomic E-state index is 5.40. The molecule has 0 aliphatic carbocycles. The van der Waals surface area contributed by atoms with E-state index in [1.54, 1.807) is 24.8 Å². The second kappa shape index (κ2) is 13.2. The predicted octanol–water partition coefficient (Wildman–Crippen LogP) is 11.2. The molecule has 0 fully saturated rings. The van der Waals surface area contributed by atoms with Gasteiger partial charge in [0.2, 0.25) is 5.95 Å². The molecule has 8 heteroatoms. The van der Waals surface area contributed by atoms with Gasteiger partial charge in [0.25, 0.3) is 0 Å². The Balaban J connectivity index is 1.30. The quantitative estimate of drug-likeness (QED) is 0.169. The summed E-state index contributed by atoms with van der Waals surface area (Å²) in [4.78, 5) is 29.2. The van der Waals surface area contributed by atoms with Gasteiger partial charge in [-0.1, -0.05) is 90.5 Å². The molecular formula is C49H32N8. The van der Waals surface area contributed by atoms with Crippen LogP contribution in [0.5, 0.6) is 0 Å². The van der Waals surface area contributed by atoms with E-state index in [0.29, 0.717) is 17.6 Å². The van der Waals surface area contributed by atoms with Crippen molar-refractivity contribution >= 4 is 43.6 Å². The van der Waals surface area contributed by atoms with Crippen molar-refractivity contribution in [2.45, 2.75) is 6.92 Å². The Morgan fingerprint density at radius 2 is 0.860 bits per heavy atom. The maximum Gasteiger partial charge on any atom is 0.235 e. The highest BCUT2D eigenvalue weighted by molar-refractivity contribution is 6.24. The first kappa shape index (κ1) is 32.6. The van der Waals surface area contributed by atoms with Gasteiger partial charge < -0.3 is 4.57 Å². The Kier molecular flexibility index (Phi) is 7.53.